The number of thioether (sulfide) groups is 1. The number of carbonyl (C=O) groups excluding carboxylic acids is 1. The van der Waals surface area contributed by atoms with Crippen LogP contribution in [0.25, 0.3) is 0 Å². The van der Waals surface area contributed by atoms with Crippen molar-refractivity contribution in [1.82, 2.24) is 5.32 Å². The summed E-state index contributed by atoms with van der Waals surface area (Å²) in [4.78, 5) is 11.5. The van der Waals surface area contributed by atoms with Crippen LogP contribution in [-0.4, -0.2) is 30.5 Å². The molecule has 0 heterocycles. The first-order valence-corrected chi connectivity index (χ1v) is 6.90. The van der Waals surface area contributed by atoms with Gasteiger partial charge in [-0.05, 0) is 30.3 Å². The maximum absolute atomic E-state index is 11.5. The second-order valence-electron chi connectivity index (χ2n) is 4.35. The van der Waals surface area contributed by atoms with Crippen LogP contribution in [0.5, 0.6) is 0 Å². The summed E-state index contributed by atoms with van der Waals surface area (Å²) in [6, 6.07) is -0.350. The van der Waals surface area contributed by atoms with Crippen molar-refractivity contribution in [3.63, 3.8) is 0 Å². The topological polar surface area (TPSA) is 55.1 Å². The fourth-order valence-electron chi connectivity index (χ4n) is 1.00. The lowest BCUT2D eigenvalue weighted by Gasteiger charge is -2.18. The molecule has 90 valence electrons. The first kappa shape index (κ1) is 14.8. The van der Waals surface area contributed by atoms with E-state index < -0.39 is 0 Å². The Morgan fingerprint density at radius 3 is 2.47 bits per heavy atom. The minimum atomic E-state index is -0.350. The number of nitrogens with two attached hydrogens (primary N) is 1. The van der Waals surface area contributed by atoms with Crippen LogP contribution in [0.1, 0.15) is 27.2 Å². The van der Waals surface area contributed by atoms with E-state index in [0.717, 1.165) is 18.7 Å². The molecule has 0 aliphatic heterocycles. The van der Waals surface area contributed by atoms with Crippen molar-refractivity contribution >= 4 is 17.7 Å². The molecular weight excluding hydrogens is 208 g/mol. The number of amides is 1. The molecule has 0 spiro atoms. The van der Waals surface area contributed by atoms with Gasteiger partial charge in [0.2, 0.25) is 5.91 Å². The molecule has 0 aromatic heterocycles. The third kappa shape index (κ3) is 6.79. The SMILES string of the molecule is CSCC[C@@H](N)C(=O)NCC(C)C(C)C. The predicted octanol–water partition coefficient (Wildman–Crippen LogP) is 1.48. The zero-order chi connectivity index (χ0) is 11.8. The van der Waals surface area contributed by atoms with Gasteiger partial charge in [0.05, 0.1) is 6.04 Å². The van der Waals surface area contributed by atoms with Gasteiger partial charge in [0, 0.05) is 6.54 Å². The minimum Gasteiger partial charge on any atom is -0.354 e. The number of rotatable bonds is 7. The molecule has 1 unspecified atom stereocenters. The molecule has 0 aromatic rings. The van der Waals surface area contributed by atoms with Crippen molar-refractivity contribution in [1.29, 1.82) is 0 Å². The van der Waals surface area contributed by atoms with E-state index in [-0.39, 0.29) is 11.9 Å². The van der Waals surface area contributed by atoms with Gasteiger partial charge in [0.1, 0.15) is 0 Å². The zero-order valence-corrected chi connectivity index (χ0v) is 11.1. The Hall–Kier alpha value is -0.220. The maximum atomic E-state index is 11.5. The largest absolute Gasteiger partial charge is 0.354 e. The maximum Gasteiger partial charge on any atom is 0.236 e. The van der Waals surface area contributed by atoms with Gasteiger partial charge in [0.25, 0.3) is 0 Å². The lowest BCUT2D eigenvalue weighted by molar-refractivity contribution is -0.122. The summed E-state index contributed by atoms with van der Waals surface area (Å²) >= 11 is 1.72. The Morgan fingerprint density at radius 2 is 2.00 bits per heavy atom. The fraction of sp³-hybridized carbons (Fsp3) is 0.909. The number of hydrogen-bond donors (Lipinski definition) is 2. The van der Waals surface area contributed by atoms with Gasteiger partial charge in [-0.3, -0.25) is 4.79 Å². The van der Waals surface area contributed by atoms with Crippen LogP contribution in [0.3, 0.4) is 0 Å². The molecule has 3 N–H and O–H groups in total. The lowest BCUT2D eigenvalue weighted by Crippen LogP contribution is -2.42. The molecule has 2 atom stereocenters. The molecule has 3 nitrogen and oxygen atoms in total. The molecule has 0 radical (unpaired) electrons. The van der Waals surface area contributed by atoms with E-state index in [9.17, 15) is 4.79 Å². The molecular formula is C11H24N2OS. The molecule has 4 heteroatoms. The Labute approximate surface area is 97.6 Å². The fourth-order valence-corrected chi connectivity index (χ4v) is 1.49. The van der Waals surface area contributed by atoms with Crippen LogP contribution in [0.2, 0.25) is 0 Å². The molecule has 0 fully saturated rings. The minimum absolute atomic E-state index is 0.0171. The number of hydrogen-bond acceptors (Lipinski definition) is 3. The van der Waals surface area contributed by atoms with E-state index >= 15 is 0 Å². The molecule has 0 bridgehead atoms. The van der Waals surface area contributed by atoms with E-state index in [0.29, 0.717) is 11.8 Å². The van der Waals surface area contributed by atoms with E-state index in [1.165, 1.54) is 0 Å². The van der Waals surface area contributed by atoms with Gasteiger partial charge >= 0.3 is 0 Å². The summed E-state index contributed by atoms with van der Waals surface area (Å²) in [6.45, 7) is 7.18. The third-order valence-electron chi connectivity index (χ3n) is 2.71. The van der Waals surface area contributed by atoms with E-state index in [1.807, 2.05) is 6.26 Å². The molecule has 1 amide bonds. The average Bonchev–Trinajstić information content (AvgIpc) is 2.21. The molecule has 0 aliphatic rings. The Morgan fingerprint density at radius 1 is 1.40 bits per heavy atom. The highest BCUT2D eigenvalue weighted by Gasteiger charge is 2.14. The third-order valence-corrected chi connectivity index (χ3v) is 3.35. The molecule has 0 rings (SSSR count). The summed E-state index contributed by atoms with van der Waals surface area (Å²) in [5.41, 5.74) is 5.74. The highest BCUT2D eigenvalue weighted by molar-refractivity contribution is 7.98. The average molecular weight is 232 g/mol. The monoisotopic (exact) mass is 232 g/mol. The van der Waals surface area contributed by atoms with Gasteiger partial charge in [-0.25, -0.2) is 0 Å². The van der Waals surface area contributed by atoms with E-state index in [4.69, 9.17) is 5.73 Å². The summed E-state index contributed by atoms with van der Waals surface area (Å²) < 4.78 is 0. The first-order chi connectivity index (χ1) is 6.99. The van der Waals surface area contributed by atoms with Crippen molar-refractivity contribution in [3.8, 4) is 0 Å². The first-order valence-electron chi connectivity index (χ1n) is 5.51. The number of nitrogens with one attached hydrogen (secondary N) is 1. The van der Waals surface area contributed by atoms with Crippen molar-refractivity contribution < 1.29 is 4.79 Å². The Bertz CT molecular complexity index is 185. The molecule has 0 saturated heterocycles. The van der Waals surface area contributed by atoms with Crippen molar-refractivity contribution in [2.45, 2.75) is 33.2 Å². The van der Waals surface area contributed by atoms with Gasteiger partial charge in [-0.1, -0.05) is 20.8 Å². The predicted molar refractivity (Wildman–Crippen MR) is 68.0 cm³/mol. The van der Waals surface area contributed by atoms with Gasteiger partial charge in [-0.15, -0.1) is 0 Å². The van der Waals surface area contributed by atoms with Crippen LogP contribution in [0.15, 0.2) is 0 Å². The van der Waals surface area contributed by atoms with Gasteiger partial charge in [-0.2, -0.15) is 11.8 Å². The smallest absolute Gasteiger partial charge is 0.236 e. The summed E-state index contributed by atoms with van der Waals surface area (Å²) in [5, 5.41) is 2.90. The molecule has 0 aliphatic carbocycles. The van der Waals surface area contributed by atoms with Crippen molar-refractivity contribution in [2.24, 2.45) is 17.6 Å². The van der Waals surface area contributed by atoms with E-state index in [2.05, 4.69) is 26.1 Å². The zero-order valence-electron chi connectivity index (χ0n) is 10.2. The second-order valence-corrected chi connectivity index (χ2v) is 5.34. The second kappa shape index (κ2) is 7.99. The van der Waals surface area contributed by atoms with Crippen LogP contribution < -0.4 is 11.1 Å². The number of carbonyl (C=O) groups is 1. The highest BCUT2D eigenvalue weighted by atomic mass is 32.2. The molecule has 15 heavy (non-hydrogen) atoms. The highest BCUT2D eigenvalue weighted by Crippen LogP contribution is 2.07. The van der Waals surface area contributed by atoms with Gasteiger partial charge < -0.3 is 11.1 Å². The summed E-state index contributed by atoms with van der Waals surface area (Å²) in [7, 11) is 0. The Balaban J connectivity index is 3.73. The van der Waals surface area contributed by atoms with E-state index in [1.54, 1.807) is 11.8 Å². The van der Waals surface area contributed by atoms with Gasteiger partial charge in [0.15, 0.2) is 0 Å². The Kier molecular flexibility index (Phi) is 7.88. The van der Waals surface area contributed by atoms with Crippen LogP contribution in [0.4, 0.5) is 0 Å². The molecule has 0 aromatic carbocycles. The lowest BCUT2D eigenvalue weighted by atomic mass is 9.98. The van der Waals surface area contributed by atoms with Crippen LogP contribution >= 0.6 is 11.8 Å². The normalized spacial score (nSPS) is 15.1. The van der Waals surface area contributed by atoms with Crippen LogP contribution in [0, 0.1) is 11.8 Å². The summed E-state index contributed by atoms with van der Waals surface area (Å²) in [6.07, 6.45) is 2.77. The van der Waals surface area contributed by atoms with Crippen molar-refractivity contribution in [3.05, 3.63) is 0 Å². The van der Waals surface area contributed by atoms with Crippen LogP contribution in [-0.2, 0) is 4.79 Å². The quantitative estimate of drug-likeness (QED) is 0.699. The molecule has 0 saturated carbocycles. The summed E-state index contributed by atoms with van der Waals surface area (Å²) in [5.74, 6) is 2.01. The van der Waals surface area contributed by atoms with Crippen molar-refractivity contribution in [2.75, 3.05) is 18.6 Å². The standard InChI is InChI=1S/C11H24N2OS/c1-8(2)9(3)7-13-11(14)10(12)5-6-15-4/h8-10H,5-7,12H2,1-4H3,(H,13,14)/t9?,10-/m1/s1.